The van der Waals surface area contributed by atoms with E-state index in [-0.39, 0.29) is 24.0 Å². The number of nitrogens with zero attached hydrogens (tertiary/aromatic N) is 4. The van der Waals surface area contributed by atoms with E-state index in [2.05, 4.69) is 25.8 Å². The SMILES string of the molecule is CN=C(NCCOc1ccccc1)NCc1nncn1-c1ccccc1.I. The summed E-state index contributed by atoms with van der Waals surface area (Å²) in [5.41, 5.74) is 1.02. The molecule has 27 heavy (non-hydrogen) atoms. The molecule has 0 saturated heterocycles. The molecular formula is C19H23IN6O. The Balaban J connectivity index is 0.00000261. The number of guanidine groups is 1. The van der Waals surface area contributed by atoms with Gasteiger partial charge in [-0.25, -0.2) is 0 Å². The van der Waals surface area contributed by atoms with E-state index >= 15 is 0 Å². The number of hydrogen-bond acceptors (Lipinski definition) is 4. The number of nitrogens with one attached hydrogen (secondary N) is 2. The summed E-state index contributed by atoms with van der Waals surface area (Å²) in [6.07, 6.45) is 1.70. The lowest BCUT2D eigenvalue weighted by molar-refractivity contribution is 0.322. The minimum atomic E-state index is 0. The maximum atomic E-state index is 5.66. The Hall–Kier alpha value is -2.62. The van der Waals surface area contributed by atoms with Gasteiger partial charge in [0.15, 0.2) is 11.8 Å². The van der Waals surface area contributed by atoms with Gasteiger partial charge in [0.2, 0.25) is 0 Å². The molecule has 1 aromatic heterocycles. The summed E-state index contributed by atoms with van der Waals surface area (Å²) < 4.78 is 7.60. The first-order chi connectivity index (χ1) is 12.9. The maximum absolute atomic E-state index is 5.66. The fourth-order valence-corrected chi connectivity index (χ4v) is 2.42. The van der Waals surface area contributed by atoms with Gasteiger partial charge in [-0.15, -0.1) is 34.2 Å². The van der Waals surface area contributed by atoms with E-state index in [1.165, 1.54) is 0 Å². The second-order valence-electron chi connectivity index (χ2n) is 5.47. The highest BCUT2D eigenvalue weighted by molar-refractivity contribution is 14.0. The maximum Gasteiger partial charge on any atom is 0.191 e. The third kappa shape index (κ3) is 6.24. The quantitative estimate of drug-likeness (QED) is 0.236. The third-order valence-corrected chi connectivity index (χ3v) is 3.70. The van der Waals surface area contributed by atoms with Crippen molar-refractivity contribution in [2.24, 2.45) is 4.99 Å². The molecule has 142 valence electrons. The zero-order valence-corrected chi connectivity index (χ0v) is 17.4. The minimum Gasteiger partial charge on any atom is -0.492 e. The number of para-hydroxylation sites is 2. The molecule has 7 nitrogen and oxygen atoms in total. The summed E-state index contributed by atoms with van der Waals surface area (Å²) in [5, 5.41) is 14.6. The molecule has 0 saturated carbocycles. The Morgan fingerprint density at radius 3 is 2.44 bits per heavy atom. The molecule has 3 rings (SSSR count). The topological polar surface area (TPSA) is 76.4 Å². The summed E-state index contributed by atoms with van der Waals surface area (Å²) in [6, 6.07) is 19.7. The van der Waals surface area contributed by atoms with Crippen LogP contribution in [0.15, 0.2) is 72.0 Å². The molecule has 2 N–H and O–H groups in total. The zero-order chi connectivity index (χ0) is 18.0. The number of aliphatic imine (C=N–C) groups is 1. The van der Waals surface area contributed by atoms with Crippen LogP contribution in [0, 0.1) is 0 Å². The Morgan fingerprint density at radius 2 is 1.74 bits per heavy atom. The van der Waals surface area contributed by atoms with Crippen molar-refractivity contribution in [3.8, 4) is 11.4 Å². The predicted molar refractivity (Wildman–Crippen MR) is 117 cm³/mol. The van der Waals surface area contributed by atoms with Gasteiger partial charge in [0, 0.05) is 12.7 Å². The van der Waals surface area contributed by atoms with Crippen LogP contribution >= 0.6 is 24.0 Å². The second-order valence-corrected chi connectivity index (χ2v) is 5.47. The van der Waals surface area contributed by atoms with Crippen molar-refractivity contribution < 1.29 is 4.74 Å². The van der Waals surface area contributed by atoms with Gasteiger partial charge in [-0.05, 0) is 24.3 Å². The van der Waals surface area contributed by atoms with Crippen molar-refractivity contribution in [2.75, 3.05) is 20.2 Å². The molecule has 0 fully saturated rings. The summed E-state index contributed by atoms with van der Waals surface area (Å²) in [6.45, 7) is 1.69. The van der Waals surface area contributed by atoms with Gasteiger partial charge in [-0.1, -0.05) is 36.4 Å². The van der Waals surface area contributed by atoms with Crippen LogP contribution in [0.4, 0.5) is 0 Å². The highest BCUT2D eigenvalue weighted by atomic mass is 127. The van der Waals surface area contributed by atoms with Crippen LogP contribution in [0.1, 0.15) is 5.82 Å². The van der Waals surface area contributed by atoms with Crippen molar-refractivity contribution in [1.29, 1.82) is 0 Å². The van der Waals surface area contributed by atoms with Crippen LogP contribution in [0.3, 0.4) is 0 Å². The fraction of sp³-hybridized carbons (Fsp3) is 0.211. The van der Waals surface area contributed by atoms with Gasteiger partial charge in [-0.3, -0.25) is 9.56 Å². The van der Waals surface area contributed by atoms with Crippen LogP contribution in [0.25, 0.3) is 5.69 Å². The standard InChI is InChI=1S/C19H22N6O.HI/c1-20-19(21-12-13-26-17-10-6-3-7-11-17)22-14-18-24-23-15-25(18)16-8-4-2-5-9-16;/h2-11,15H,12-14H2,1H3,(H2,20,21,22);1H. The van der Waals surface area contributed by atoms with Gasteiger partial charge in [0.05, 0.1) is 13.1 Å². The van der Waals surface area contributed by atoms with Crippen LogP contribution in [0.2, 0.25) is 0 Å². The highest BCUT2D eigenvalue weighted by Crippen LogP contribution is 2.09. The van der Waals surface area contributed by atoms with E-state index < -0.39 is 0 Å². The van der Waals surface area contributed by atoms with Crippen LogP contribution in [-0.2, 0) is 6.54 Å². The van der Waals surface area contributed by atoms with Crippen molar-refractivity contribution in [3.63, 3.8) is 0 Å². The number of ether oxygens (including phenoxy) is 1. The Kier molecular flexibility index (Phi) is 8.56. The van der Waals surface area contributed by atoms with E-state index in [9.17, 15) is 0 Å². The smallest absolute Gasteiger partial charge is 0.191 e. The van der Waals surface area contributed by atoms with Crippen molar-refractivity contribution >= 4 is 29.9 Å². The van der Waals surface area contributed by atoms with Gasteiger partial charge in [0.1, 0.15) is 18.7 Å². The molecule has 0 bridgehead atoms. The number of hydrogen-bond donors (Lipinski definition) is 2. The average Bonchev–Trinajstić information content (AvgIpc) is 3.17. The Bertz CT molecular complexity index is 822. The summed E-state index contributed by atoms with van der Waals surface area (Å²) >= 11 is 0. The number of benzene rings is 2. The van der Waals surface area contributed by atoms with Gasteiger partial charge >= 0.3 is 0 Å². The molecule has 0 aliphatic rings. The molecule has 2 aromatic carbocycles. The predicted octanol–water partition coefficient (Wildman–Crippen LogP) is 2.63. The molecule has 0 aliphatic heterocycles. The van der Waals surface area contributed by atoms with Gasteiger partial charge < -0.3 is 15.4 Å². The van der Waals surface area contributed by atoms with Crippen LogP contribution in [-0.4, -0.2) is 40.9 Å². The molecule has 0 radical (unpaired) electrons. The summed E-state index contributed by atoms with van der Waals surface area (Å²) in [4.78, 5) is 4.22. The highest BCUT2D eigenvalue weighted by Gasteiger charge is 2.07. The van der Waals surface area contributed by atoms with Crippen LogP contribution < -0.4 is 15.4 Å². The number of halogens is 1. The van der Waals surface area contributed by atoms with E-state index in [4.69, 9.17) is 4.74 Å². The Morgan fingerprint density at radius 1 is 1.04 bits per heavy atom. The molecule has 0 unspecified atom stereocenters. The lowest BCUT2D eigenvalue weighted by atomic mass is 10.3. The molecule has 3 aromatic rings. The Labute approximate surface area is 175 Å². The van der Waals surface area contributed by atoms with Gasteiger partial charge in [-0.2, -0.15) is 0 Å². The molecule has 0 atom stereocenters. The van der Waals surface area contributed by atoms with E-state index in [0.29, 0.717) is 25.7 Å². The van der Waals surface area contributed by atoms with Crippen molar-refractivity contribution in [3.05, 3.63) is 72.8 Å². The first-order valence-corrected chi connectivity index (χ1v) is 8.43. The minimum absolute atomic E-state index is 0. The molecule has 0 aliphatic carbocycles. The molecule has 8 heteroatoms. The van der Waals surface area contributed by atoms with Gasteiger partial charge in [0.25, 0.3) is 0 Å². The van der Waals surface area contributed by atoms with E-state index in [1.807, 2.05) is 65.2 Å². The van der Waals surface area contributed by atoms with E-state index in [1.54, 1.807) is 13.4 Å². The number of aromatic nitrogens is 3. The number of rotatable bonds is 7. The monoisotopic (exact) mass is 478 g/mol. The first-order valence-electron chi connectivity index (χ1n) is 8.43. The van der Waals surface area contributed by atoms with Crippen LogP contribution in [0.5, 0.6) is 5.75 Å². The zero-order valence-electron chi connectivity index (χ0n) is 15.1. The van der Waals surface area contributed by atoms with Crippen molar-refractivity contribution in [2.45, 2.75) is 6.54 Å². The van der Waals surface area contributed by atoms with E-state index in [0.717, 1.165) is 17.3 Å². The lowest BCUT2D eigenvalue weighted by Crippen LogP contribution is -2.39. The average molecular weight is 478 g/mol. The molecule has 0 spiro atoms. The third-order valence-electron chi connectivity index (χ3n) is 3.70. The molecular weight excluding hydrogens is 455 g/mol. The first kappa shape index (κ1) is 20.7. The summed E-state index contributed by atoms with van der Waals surface area (Å²) in [5.74, 6) is 2.34. The fourth-order valence-electron chi connectivity index (χ4n) is 2.42. The largest absolute Gasteiger partial charge is 0.492 e. The summed E-state index contributed by atoms with van der Waals surface area (Å²) in [7, 11) is 1.73. The lowest BCUT2D eigenvalue weighted by Gasteiger charge is -2.13. The second kappa shape index (κ2) is 11.2. The molecule has 1 heterocycles. The normalized spacial score (nSPS) is 10.8. The van der Waals surface area contributed by atoms with Crippen molar-refractivity contribution in [1.82, 2.24) is 25.4 Å². The molecule has 0 amide bonds.